The third kappa shape index (κ3) is 4.07. The Labute approximate surface area is 131 Å². The van der Waals surface area contributed by atoms with Crippen LogP contribution in [0.1, 0.15) is 37.0 Å². The fraction of sp³-hybridized carbons (Fsp3) is 0.529. The number of nitrogens with two attached hydrogens (primary N) is 1. The monoisotopic (exact) mass is 303 g/mol. The quantitative estimate of drug-likeness (QED) is 0.894. The molecule has 1 fully saturated rings. The number of likely N-dealkylation sites (tertiary alicyclic amines) is 1. The molecule has 1 aromatic carbocycles. The van der Waals surface area contributed by atoms with E-state index in [-0.39, 0.29) is 17.7 Å². The Kier molecular flexibility index (Phi) is 5.55. The van der Waals surface area contributed by atoms with Crippen LogP contribution in [0.4, 0.5) is 5.69 Å². The zero-order chi connectivity index (χ0) is 16.1. The number of hydrogen-bond acceptors (Lipinski definition) is 3. The van der Waals surface area contributed by atoms with Gasteiger partial charge in [0.15, 0.2) is 0 Å². The summed E-state index contributed by atoms with van der Waals surface area (Å²) >= 11 is 0. The highest BCUT2D eigenvalue weighted by Gasteiger charge is 2.22. The van der Waals surface area contributed by atoms with E-state index in [2.05, 4.69) is 5.32 Å². The molecule has 5 nitrogen and oxygen atoms in total. The smallest absolute Gasteiger partial charge is 0.253 e. The highest BCUT2D eigenvalue weighted by atomic mass is 16.2. The average molecular weight is 303 g/mol. The summed E-state index contributed by atoms with van der Waals surface area (Å²) in [6.45, 7) is 5.93. The van der Waals surface area contributed by atoms with E-state index in [0.29, 0.717) is 18.0 Å². The van der Waals surface area contributed by atoms with Gasteiger partial charge in [-0.25, -0.2) is 0 Å². The van der Waals surface area contributed by atoms with E-state index in [4.69, 9.17) is 5.73 Å². The maximum Gasteiger partial charge on any atom is 0.253 e. The van der Waals surface area contributed by atoms with Gasteiger partial charge < -0.3 is 16.0 Å². The van der Waals surface area contributed by atoms with Crippen LogP contribution in [0.5, 0.6) is 0 Å². The minimum absolute atomic E-state index is 0.0251. The lowest BCUT2D eigenvalue weighted by Crippen LogP contribution is -2.40. The summed E-state index contributed by atoms with van der Waals surface area (Å²) in [6.07, 6.45) is 1.95. The summed E-state index contributed by atoms with van der Waals surface area (Å²) < 4.78 is 0. The van der Waals surface area contributed by atoms with Crippen molar-refractivity contribution in [1.29, 1.82) is 0 Å². The van der Waals surface area contributed by atoms with E-state index < -0.39 is 0 Å². The van der Waals surface area contributed by atoms with Gasteiger partial charge in [-0.15, -0.1) is 0 Å². The first-order valence-corrected chi connectivity index (χ1v) is 7.91. The minimum Gasteiger partial charge on any atom is -0.339 e. The van der Waals surface area contributed by atoms with E-state index in [9.17, 15) is 9.59 Å². The number of nitrogens with zero attached hydrogens (tertiary/aromatic N) is 1. The second kappa shape index (κ2) is 7.40. The van der Waals surface area contributed by atoms with Crippen LogP contribution in [0.3, 0.4) is 0 Å². The molecule has 0 unspecified atom stereocenters. The van der Waals surface area contributed by atoms with Crippen LogP contribution in [0.25, 0.3) is 0 Å². The number of piperidine rings is 1. The van der Waals surface area contributed by atoms with Crippen molar-refractivity contribution in [3.8, 4) is 0 Å². The minimum atomic E-state index is -0.0647. The fourth-order valence-electron chi connectivity index (χ4n) is 2.54. The van der Waals surface area contributed by atoms with Crippen molar-refractivity contribution in [2.45, 2.75) is 26.7 Å². The predicted molar refractivity (Wildman–Crippen MR) is 87.6 cm³/mol. The van der Waals surface area contributed by atoms with Crippen molar-refractivity contribution in [2.24, 2.45) is 17.6 Å². The summed E-state index contributed by atoms with van der Waals surface area (Å²) in [5.74, 6) is 0.503. The van der Waals surface area contributed by atoms with Crippen LogP contribution < -0.4 is 11.1 Å². The second-order valence-corrected chi connectivity index (χ2v) is 6.19. The molecule has 0 spiro atoms. The Morgan fingerprint density at radius 2 is 1.82 bits per heavy atom. The van der Waals surface area contributed by atoms with E-state index in [1.807, 2.05) is 18.7 Å². The topological polar surface area (TPSA) is 75.4 Å². The lowest BCUT2D eigenvalue weighted by atomic mass is 9.96. The van der Waals surface area contributed by atoms with Crippen molar-refractivity contribution >= 4 is 17.5 Å². The van der Waals surface area contributed by atoms with Gasteiger partial charge in [-0.1, -0.05) is 13.8 Å². The zero-order valence-electron chi connectivity index (χ0n) is 13.3. The lowest BCUT2D eigenvalue weighted by Gasteiger charge is -2.31. The number of carbonyl (C=O) groups excluding carboxylic acids is 2. The Bertz CT molecular complexity index is 517. The number of benzene rings is 1. The molecule has 2 amide bonds. The fourth-order valence-corrected chi connectivity index (χ4v) is 2.54. The molecule has 1 saturated heterocycles. The average Bonchev–Trinajstić information content (AvgIpc) is 2.55. The number of anilines is 1. The van der Waals surface area contributed by atoms with Gasteiger partial charge in [0.25, 0.3) is 5.91 Å². The lowest BCUT2D eigenvalue weighted by molar-refractivity contribution is -0.118. The van der Waals surface area contributed by atoms with E-state index in [1.165, 1.54) is 0 Å². The molecule has 1 heterocycles. The van der Waals surface area contributed by atoms with Crippen LogP contribution in [0, 0.1) is 11.8 Å². The van der Waals surface area contributed by atoms with Crippen molar-refractivity contribution in [1.82, 2.24) is 4.90 Å². The standard InChI is InChI=1S/C17H25N3O2/c1-12(2)16(21)19-15-5-3-14(4-6-15)17(22)20-9-7-13(11-18)8-10-20/h3-6,12-13H,7-11,18H2,1-2H3,(H,19,21). The largest absolute Gasteiger partial charge is 0.339 e. The van der Waals surface area contributed by atoms with Gasteiger partial charge in [0, 0.05) is 30.3 Å². The Morgan fingerprint density at radius 1 is 1.23 bits per heavy atom. The van der Waals surface area contributed by atoms with Gasteiger partial charge in [0.05, 0.1) is 0 Å². The van der Waals surface area contributed by atoms with Crippen molar-refractivity contribution < 1.29 is 9.59 Å². The maximum atomic E-state index is 12.4. The van der Waals surface area contributed by atoms with Crippen molar-refractivity contribution in [3.05, 3.63) is 29.8 Å². The molecule has 0 bridgehead atoms. The van der Waals surface area contributed by atoms with Gasteiger partial charge in [0.1, 0.15) is 0 Å². The molecule has 5 heteroatoms. The first-order chi connectivity index (χ1) is 10.5. The van der Waals surface area contributed by atoms with E-state index >= 15 is 0 Å². The third-order valence-electron chi connectivity index (χ3n) is 4.16. The number of hydrogen-bond donors (Lipinski definition) is 2. The summed E-state index contributed by atoms with van der Waals surface area (Å²) in [7, 11) is 0. The molecule has 3 N–H and O–H groups in total. The van der Waals surface area contributed by atoms with Gasteiger partial charge in [0.2, 0.25) is 5.91 Å². The second-order valence-electron chi connectivity index (χ2n) is 6.19. The highest BCUT2D eigenvalue weighted by molar-refractivity contribution is 5.96. The number of amides is 2. The summed E-state index contributed by atoms with van der Waals surface area (Å²) in [5.41, 5.74) is 7.06. The van der Waals surface area contributed by atoms with E-state index in [0.717, 1.165) is 31.6 Å². The molecule has 120 valence electrons. The Balaban J connectivity index is 1.95. The SMILES string of the molecule is CC(C)C(=O)Nc1ccc(C(=O)N2CCC(CN)CC2)cc1. The van der Waals surface area contributed by atoms with Crippen LogP contribution in [0.15, 0.2) is 24.3 Å². The van der Waals surface area contributed by atoms with Crippen LogP contribution in [0.2, 0.25) is 0 Å². The molecule has 22 heavy (non-hydrogen) atoms. The summed E-state index contributed by atoms with van der Waals surface area (Å²) in [4.78, 5) is 26.0. The van der Waals surface area contributed by atoms with Crippen LogP contribution in [-0.4, -0.2) is 36.3 Å². The first-order valence-electron chi connectivity index (χ1n) is 7.91. The van der Waals surface area contributed by atoms with E-state index in [1.54, 1.807) is 24.3 Å². The molecule has 0 radical (unpaired) electrons. The normalized spacial score (nSPS) is 15.9. The molecule has 0 aromatic heterocycles. The number of rotatable bonds is 4. The summed E-state index contributed by atoms with van der Waals surface area (Å²) in [5, 5.41) is 2.82. The Morgan fingerprint density at radius 3 is 2.32 bits per heavy atom. The van der Waals surface area contributed by atoms with Crippen LogP contribution in [-0.2, 0) is 4.79 Å². The Hall–Kier alpha value is -1.88. The van der Waals surface area contributed by atoms with Crippen LogP contribution >= 0.6 is 0 Å². The maximum absolute atomic E-state index is 12.4. The molecule has 2 rings (SSSR count). The summed E-state index contributed by atoms with van der Waals surface area (Å²) in [6, 6.07) is 7.10. The number of carbonyl (C=O) groups is 2. The third-order valence-corrected chi connectivity index (χ3v) is 4.16. The molecule has 0 aliphatic carbocycles. The highest BCUT2D eigenvalue weighted by Crippen LogP contribution is 2.19. The van der Waals surface area contributed by atoms with Gasteiger partial charge in [-0.2, -0.15) is 0 Å². The van der Waals surface area contributed by atoms with Gasteiger partial charge in [-0.05, 0) is 49.6 Å². The van der Waals surface area contributed by atoms with Crippen molar-refractivity contribution in [3.63, 3.8) is 0 Å². The zero-order valence-corrected chi connectivity index (χ0v) is 13.3. The first kappa shape index (κ1) is 16.5. The predicted octanol–water partition coefficient (Wildman–Crippen LogP) is 2.09. The number of nitrogens with one attached hydrogen (secondary N) is 1. The molecule has 0 atom stereocenters. The molecular weight excluding hydrogens is 278 g/mol. The molecule has 1 aromatic rings. The molecule has 1 aliphatic heterocycles. The van der Waals surface area contributed by atoms with Gasteiger partial charge in [-0.3, -0.25) is 9.59 Å². The van der Waals surface area contributed by atoms with Gasteiger partial charge >= 0.3 is 0 Å². The van der Waals surface area contributed by atoms with Crippen molar-refractivity contribution in [2.75, 3.05) is 25.0 Å². The molecular formula is C17H25N3O2. The molecule has 0 saturated carbocycles. The molecule has 1 aliphatic rings.